The molecule has 0 aromatic heterocycles. The first kappa shape index (κ1) is 13.7. The Morgan fingerprint density at radius 3 is 2.35 bits per heavy atom. The van der Waals surface area contributed by atoms with Gasteiger partial charge in [-0.2, -0.15) is 0 Å². The van der Waals surface area contributed by atoms with Crippen LogP contribution in [0.3, 0.4) is 0 Å². The van der Waals surface area contributed by atoms with Crippen molar-refractivity contribution in [1.29, 1.82) is 0 Å². The molecule has 0 saturated heterocycles. The predicted octanol–water partition coefficient (Wildman–Crippen LogP) is 2.33. The number of nitrogens with two attached hydrogens (primary N) is 1. The van der Waals surface area contributed by atoms with Gasteiger partial charge in [-0.15, -0.1) is 0 Å². The number of aliphatic carboxylic acids is 1. The minimum absolute atomic E-state index is 0.0661. The normalized spacial score (nSPS) is 14.3. The lowest BCUT2D eigenvalue weighted by Gasteiger charge is -2.26. The van der Waals surface area contributed by atoms with E-state index in [1.54, 1.807) is 0 Å². The van der Waals surface area contributed by atoms with Gasteiger partial charge in [0.1, 0.15) is 0 Å². The SMILES string of the molecule is CCCc1ccc(C(C)(CN)CC(=O)O)cc1. The summed E-state index contributed by atoms with van der Waals surface area (Å²) in [5, 5.41) is 8.92. The van der Waals surface area contributed by atoms with Crippen LogP contribution in [-0.2, 0) is 16.6 Å². The summed E-state index contributed by atoms with van der Waals surface area (Å²) in [6.07, 6.45) is 2.23. The van der Waals surface area contributed by atoms with Crippen molar-refractivity contribution in [2.45, 2.75) is 38.5 Å². The fraction of sp³-hybridized carbons (Fsp3) is 0.500. The Hall–Kier alpha value is -1.35. The summed E-state index contributed by atoms with van der Waals surface area (Å²) in [4.78, 5) is 10.9. The monoisotopic (exact) mass is 235 g/mol. The van der Waals surface area contributed by atoms with Crippen LogP contribution in [0.2, 0.25) is 0 Å². The Bertz CT molecular complexity index is 372. The lowest BCUT2D eigenvalue weighted by Crippen LogP contribution is -2.34. The Morgan fingerprint density at radius 2 is 1.94 bits per heavy atom. The van der Waals surface area contributed by atoms with Gasteiger partial charge >= 0.3 is 5.97 Å². The van der Waals surface area contributed by atoms with Gasteiger partial charge in [-0.05, 0) is 17.5 Å². The van der Waals surface area contributed by atoms with Gasteiger partial charge in [0, 0.05) is 12.0 Å². The minimum Gasteiger partial charge on any atom is -0.481 e. The Kier molecular flexibility index (Phi) is 4.70. The van der Waals surface area contributed by atoms with Crippen molar-refractivity contribution in [3.8, 4) is 0 Å². The minimum atomic E-state index is -0.810. The van der Waals surface area contributed by atoms with E-state index in [4.69, 9.17) is 10.8 Å². The van der Waals surface area contributed by atoms with Gasteiger partial charge in [0.25, 0.3) is 0 Å². The highest BCUT2D eigenvalue weighted by atomic mass is 16.4. The number of aryl methyl sites for hydroxylation is 1. The molecular weight excluding hydrogens is 214 g/mol. The summed E-state index contributed by atoms with van der Waals surface area (Å²) in [5.74, 6) is -0.810. The maximum absolute atomic E-state index is 10.9. The molecule has 0 radical (unpaired) electrons. The van der Waals surface area contributed by atoms with E-state index in [1.165, 1.54) is 5.56 Å². The number of carboxylic acids is 1. The lowest BCUT2D eigenvalue weighted by molar-refractivity contribution is -0.138. The third-order valence-corrected chi connectivity index (χ3v) is 3.18. The van der Waals surface area contributed by atoms with Crippen LogP contribution in [0.25, 0.3) is 0 Å². The highest BCUT2D eigenvalue weighted by molar-refractivity contribution is 5.69. The molecule has 0 aliphatic heterocycles. The van der Waals surface area contributed by atoms with Gasteiger partial charge in [-0.1, -0.05) is 44.5 Å². The summed E-state index contributed by atoms with van der Waals surface area (Å²) in [6.45, 7) is 4.38. The second-order valence-electron chi connectivity index (χ2n) is 4.78. The summed E-state index contributed by atoms with van der Waals surface area (Å²) in [5.41, 5.74) is 7.53. The van der Waals surface area contributed by atoms with Crippen molar-refractivity contribution in [3.63, 3.8) is 0 Å². The molecule has 1 aromatic rings. The van der Waals surface area contributed by atoms with E-state index in [-0.39, 0.29) is 6.42 Å². The van der Waals surface area contributed by atoms with E-state index in [1.807, 2.05) is 19.1 Å². The fourth-order valence-corrected chi connectivity index (χ4v) is 1.99. The second-order valence-corrected chi connectivity index (χ2v) is 4.78. The van der Waals surface area contributed by atoms with E-state index in [2.05, 4.69) is 19.1 Å². The summed E-state index contributed by atoms with van der Waals surface area (Å²) in [6, 6.07) is 8.13. The quantitative estimate of drug-likeness (QED) is 0.795. The van der Waals surface area contributed by atoms with Crippen LogP contribution < -0.4 is 5.73 Å². The van der Waals surface area contributed by atoms with Gasteiger partial charge in [-0.3, -0.25) is 4.79 Å². The smallest absolute Gasteiger partial charge is 0.304 e. The zero-order chi connectivity index (χ0) is 12.9. The van der Waals surface area contributed by atoms with Crippen molar-refractivity contribution >= 4 is 5.97 Å². The Balaban J connectivity index is 2.92. The highest BCUT2D eigenvalue weighted by Crippen LogP contribution is 2.27. The van der Waals surface area contributed by atoms with Crippen molar-refractivity contribution < 1.29 is 9.90 Å². The van der Waals surface area contributed by atoms with Gasteiger partial charge in [0.15, 0.2) is 0 Å². The molecule has 0 fully saturated rings. The van der Waals surface area contributed by atoms with Crippen molar-refractivity contribution in [2.75, 3.05) is 6.54 Å². The van der Waals surface area contributed by atoms with E-state index < -0.39 is 11.4 Å². The Labute approximate surface area is 103 Å². The van der Waals surface area contributed by atoms with Crippen LogP contribution in [0.15, 0.2) is 24.3 Å². The Morgan fingerprint density at radius 1 is 1.35 bits per heavy atom. The molecule has 0 aliphatic carbocycles. The molecule has 1 rings (SSSR count). The molecule has 0 heterocycles. The first-order valence-electron chi connectivity index (χ1n) is 6.03. The van der Waals surface area contributed by atoms with Crippen LogP contribution in [0.5, 0.6) is 0 Å². The van der Waals surface area contributed by atoms with Gasteiger partial charge in [0.05, 0.1) is 6.42 Å². The average molecular weight is 235 g/mol. The largest absolute Gasteiger partial charge is 0.481 e. The fourth-order valence-electron chi connectivity index (χ4n) is 1.99. The van der Waals surface area contributed by atoms with Crippen LogP contribution in [0.4, 0.5) is 0 Å². The molecule has 0 amide bonds. The maximum atomic E-state index is 10.9. The molecule has 0 bridgehead atoms. The molecule has 3 heteroatoms. The molecule has 1 atom stereocenters. The first-order valence-corrected chi connectivity index (χ1v) is 6.03. The third-order valence-electron chi connectivity index (χ3n) is 3.18. The van der Waals surface area contributed by atoms with Gasteiger partial charge < -0.3 is 10.8 Å². The van der Waals surface area contributed by atoms with Gasteiger partial charge in [0.2, 0.25) is 0 Å². The number of benzene rings is 1. The van der Waals surface area contributed by atoms with E-state index in [9.17, 15) is 4.79 Å². The first-order chi connectivity index (χ1) is 8.01. The molecule has 0 spiro atoms. The van der Waals surface area contributed by atoms with E-state index in [0.29, 0.717) is 6.54 Å². The standard InChI is InChI=1S/C14H21NO2/c1-3-4-11-5-7-12(8-6-11)14(2,10-15)9-13(16)17/h5-8H,3-4,9-10,15H2,1-2H3,(H,16,17). The molecule has 1 aromatic carbocycles. The van der Waals surface area contributed by atoms with Crippen molar-refractivity contribution in [1.82, 2.24) is 0 Å². The van der Waals surface area contributed by atoms with E-state index >= 15 is 0 Å². The molecule has 17 heavy (non-hydrogen) atoms. The van der Waals surface area contributed by atoms with Crippen molar-refractivity contribution in [2.24, 2.45) is 5.73 Å². The third kappa shape index (κ3) is 3.56. The predicted molar refractivity (Wildman–Crippen MR) is 69.1 cm³/mol. The molecule has 3 N–H and O–H groups in total. The number of hydrogen-bond acceptors (Lipinski definition) is 2. The van der Waals surface area contributed by atoms with Gasteiger partial charge in [-0.25, -0.2) is 0 Å². The van der Waals surface area contributed by atoms with Crippen LogP contribution in [0, 0.1) is 0 Å². The molecule has 3 nitrogen and oxygen atoms in total. The number of hydrogen-bond donors (Lipinski definition) is 2. The zero-order valence-corrected chi connectivity index (χ0v) is 10.6. The number of carbonyl (C=O) groups is 1. The average Bonchev–Trinajstić information content (AvgIpc) is 2.29. The van der Waals surface area contributed by atoms with Crippen LogP contribution in [0.1, 0.15) is 37.8 Å². The topological polar surface area (TPSA) is 63.3 Å². The number of rotatable bonds is 6. The molecule has 94 valence electrons. The zero-order valence-electron chi connectivity index (χ0n) is 10.6. The second kappa shape index (κ2) is 5.82. The molecule has 0 aliphatic rings. The lowest BCUT2D eigenvalue weighted by atomic mass is 9.79. The molecule has 0 saturated carbocycles. The highest BCUT2D eigenvalue weighted by Gasteiger charge is 2.27. The summed E-state index contributed by atoms with van der Waals surface area (Å²) in [7, 11) is 0. The van der Waals surface area contributed by atoms with Crippen molar-refractivity contribution in [3.05, 3.63) is 35.4 Å². The molecular formula is C14H21NO2. The van der Waals surface area contributed by atoms with E-state index in [0.717, 1.165) is 18.4 Å². The maximum Gasteiger partial charge on any atom is 0.304 e. The number of carboxylic acid groups (broad SMARTS) is 1. The molecule has 1 unspecified atom stereocenters. The van der Waals surface area contributed by atoms with Crippen LogP contribution >= 0.6 is 0 Å². The summed E-state index contributed by atoms with van der Waals surface area (Å²) < 4.78 is 0. The summed E-state index contributed by atoms with van der Waals surface area (Å²) >= 11 is 0. The van der Waals surface area contributed by atoms with Crippen LogP contribution in [-0.4, -0.2) is 17.6 Å².